The molecule has 190 valence electrons. The summed E-state index contributed by atoms with van der Waals surface area (Å²) in [6, 6.07) is 22.7. The number of benzene rings is 3. The Labute approximate surface area is 213 Å². The topological polar surface area (TPSA) is 85.4 Å². The van der Waals surface area contributed by atoms with Crippen LogP contribution < -0.4 is 10.3 Å². The SMILES string of the molecule is Cc1[nH]c2c(-c3ccccc3)c(C(F)(F)F)nn2c(=O)c1-c1nc2c(OCc3ccccc3)cccc2o1. The van der Waals surface area contributed by atoms with Crippen molar-refractivity contribution in [1.82, 2.24) is 19.6 Å². The number of aromatic amines is 1. The molecule has 0 saturated heterocycles. The Hall–Kier alpha value is -4.86. The third-order valence-corrected chi connectivity index (χ3v) is 6.14. The van der Waals surface area contributed by atoms with E-state index in [0.29, 0.717) is 23.5 Å². The summed E-state index contributed by atoms with van der Waals surface area (Å²) in [4.78, 5) is 20.9. The number of ether oxygens (including phenoxy) is 1. The fourth-order valence-corrected chi connectivity index (χ4v) is 4.40. The van der Waals surface area contributed by atoms with E-state index in [4.69, 9.17) is 9.15 Å². The highest BCUT2D eigenvalue weighted by Gasteiger charge is 2.39. The van der Waals surface area contributed by atoms with E-state index in [1.807, 2.05) is 30.3 Å². The number of rotatable bonds is 5. The maximum absolute atomic E-state index is 14.0. The van der Waals surface area contributed by atoms with Gasteiger partial charge in [-0.3, -0.25) is 4.79 Å². The monoisotopic (exact) mass is 516 g/mol. The van der Waals surface area contributed by atoms with Crippen molar-refractivity contribution >= 4 is 16.7 Å². The Bertz CT molecular complexity index is 1840. The largest absolute Gasteiger partial charge is 0.486 e. The van der Waals surface area contributed by atoms with Crippen LogP contribution in [0.2, 0.25) is 0 Å². The van der Waals surface area contributed by atoms with Crippen LogP contribution in [0.5, 0.6) is 5.75 Å². The van der Waals surface area contributed by atoms with Gasteiger partial charge in [-0.05, 0) is 30.2 Å². The van der Waals surface area contributed by atoms with Gasteiger partial charge in [0.15, 0.2) is 16.8 Å². The number of aryl methyl sites for hydroxylation is 1. The molecule has 0 fully saturated rings. The first kappa shape index (κ1) is 23.5. The number of nitrogens with one attached hydrogen (secondary N) is 1. The van der Waals surface area contributed by atoms with Crippen molar-refractivity contribution in [2.75, 3.05) is 0 Å². The maximum atomic E-state index is 14.0. The first-order valence-corrected chi connectivity index (χ1v) is 11.7. The highest BCUT2D eigenvalue weighted by Crippen LogP contribution is 2.38. The van der Waals surface area contributed by atoms with Gasteiger partial charge in [0.2, 0.25) is 5.89 Å². The number of para-hydroxylation sites is 1. The van der Waals surface area contributed by atoms with Gasteiger partial charge < -0.3 is 14.1 Å². The molecule has 0 unspecified atom stereocenters. The van der Waals surface area contributed by atoms with Crippen molar-refractivity contribution in [1.29, 1.82) is 0 Å². The number of oxazole rings is 1. The third kappa shape index (κ3) is 4.00. The average molecular weight is 516 g/mol. The Morgan fingerprint density at radius 1 is 0.947 bits per heavy atom. The van der Waals surface area contributed by atoms with Crippen molar-refractivity contribution in [3.63, 3.8) is 0 Å². The van der Waals surface area contributed by atoms with Gasteiger partial charge in [-0.1, -0.05) is 66.7 Å². The molecule has 1 N–H and O–H groups in total. The average Bonchev–Trinajstić information content (AvgIpc) is 3.51. The molecule has 10 heteroatoms. The summed E-state index contributed by atoms with van der Waals surface area (Å²) in [5, 5.41) is 3.68. The molecule has 3 aromatic carbocycles. The molecule has 0 bridgehead atoms. The second-order valence-corrected chi connectivity index (χ2v) is 8.67. The maximum Gasteiger partial charge on any atom is 0.435 e. The van der Waals surface area contributed by atoms with E-state index >= 15 is 0 Å². The summed E-state index contributed by atoms with van der Waals surface area (Å²) in [6.45, 7) is 1.87. The molecule has 0 atom stereocenters. The Kier molecular flexibility index (Phi) is 5.52. The van der Waals surface area contributed by atoms with E-state index in [1.165, 1.54) is 12.1 Å². The van der Waals surface area contributed by atoms with Crippen LogP contribution in [-0.2, 0) is 12.8 Å². The van der Waals surface area contributed by atoms with Crippen LogP contribution in [0.3, 0.4) is 0 Å². The third-order valence-electron chi connectivity index (χ3n) is 6.14. The zero-order valence-electron chi connectivity index (χ0n) is 19.9. The van der Waals surface area contributed by atoms with E-state index in [9.17, 15) is 18.0 Å². The molecular formula is C28H19F3N4O3. The van der Waals surface area contributed by atoms with Crippen LogP contribution in [-0.4, -0.2) is 19.6 Å². The summed E-state index contributed by atoms with van der Waals surface area (Å²) < 4.78 is 54.4. The van der Waals surface area contributed by atoms with Crippen molar-refractivity contribution in [2.24, 2.45) is 0 Å². The molecule has 6 rings (SSSR count). The number of aromatic nitrogens is 4. The van der Waals surface area contributed by atoms with Crippen LogP contribution in [0.25, 0.3) is 39.3 Å². The molecule has 0 aliphatic heterocycles. The van der Waals surface area contributed by atoms with Crippen molar-refractivity contribution in [3.05, 3.63) is 106 Å². The number of halogens is 3. The van der Waals surface area contributed by atoms with Crippen LogP contribution in [0.1, 0.15) is 17.0 Å². The van der Waals surface area contributed by atoms with Gasteiger partial charge in [0.05, 0.1) is 5.56 Å². The van der Waals surface area contributed by atoms with Crippen LogP contribution in [0.4, 0.5) is 13.2 Å². The minimum atomic E-state index is -4.78. The molecule has 6 aromatic rings. The van der Waals surface area contributed by atoms with Crippen molar-refractivity contribution < 1.29 is 22.3 Å². The van der Waals surface area contributed by atoms with Gasteiger partial charge in [-0.15, -0.1) is 0 Å². The zero-order chi connectivity index (χ0) is 26.4. The second kappa shape index (κ2) is 8.91. The molecule has 0 aliphatic rings. The molecule has 0 amide bonds. The molecule has 38 heavy (non-hydrogen) atoms. The minimum Gasteiger partial charge on any atom is -0.486 e. The summed E-state index contributed by atoms with van der Waals surface area (Å²) in [7, 11) is 0. The molecule has 3 heterocycles. The first-order valence-electron chi connectivity index (χ1n) is 11.7. The molecule has 7 nitrogen and oxygen atoms in total. The fraction of sp³-hybridized carbons (Fsp3) is 0.107. The fourth-order valence-electron chi connectivity index (χ4n) is 4.40. The normalized spacial score (nSPS) is 11.9. The van der Waals surface area contributed by atoms with Crippen LogP contribution in [0.15, 0.2) is 88.1 Å². The quantitative estimate of drug-likeness (QED) is 0.286. The van der Waals surface area contributed by atoms with Crippen molar-refractivity contribution in [2.45, 2.75) is 19.7 Å². The summed E-state index contributed by atoms with van der Waals surface area (Å²) in [6.07, 6.45) is -4.78. The zero-order valence-corrected chi connectivity index (χ0v) is 19.9. The molecule has 0 radical (unpaired) electrons. The number of nitrogens with zero attached hydrogens (tertiary/aromatic N) is 3. The van der Waals surface area contributed by atoms with E-state index in [-0.39, 0.29) is 33.9 Å². The lowest BCUT2D eigenvalue weighted by atomic mass is 10.1. The number of H-pyrrole nitrogens is 1. The van der Waals surface area contributed by atoms with Crippen molar-refractivity contribution in [3.8, 4) is 28.3 Å². The number of fused-ring (bicyclic) bond motifs is 2. The molecule has 3 aromatic heterocycles. The van der Waals surface area contributed by atoms with Crippen LogP contribution in [0, 0.1) is 6.92 Å². The lowest BCUT2D eigenvalue weighted by molar-refractivity contribution is -0.140. The van der Waals surface area contributed by atoms with E-state index < -0.39 is 17.4 Å². The summed E-state index contributed by atoms with van der Waals surface area (Å²) in [5.74, 6) is 0.392. The minimum absolute atomic E-state index is 0.0291. The number of hydrogen-bond acceptors (Lipinski definition) is 5. The van der Waals surface area contributed by atoms with Gasteiger partial charge in [0, 0.05) is 5.69 Å². The van der Waals surface area contributed by atoms with Gasteiger partial charge in [-0.2, -0.15) is 22.8 Å². The van der Waals surface area contributed by atoms with Gasteiger partial charge in [-0.25, -0.2) is 4.98 Å². The summed E-state index contributed by atoms with van der Waals surface area (Å²) in [5.41, 5.74) is 0.00982. The van der Waals surface area contributed by atoms with Gasteiger partial charge in [0.1, 0.15) is 23.6 Å². The molecular weight excluding hydrogens is 497 g/mol. The lowest BCUT2D eigenvalue weighted by Gasteiger charge is -2.07. The van der Waals surface area contributed by atoms with E-state index in [0.717, 1.165) is 10.1 Å². The predicted molar refractivity (Wildman–Crippen MR) is 135 cm³/mol. The predicted octanol–water partition coefficient (Wildman–Crippen LogP) is 6.40. The molecule has 0 saturated carbocycles. The van der Waals surface area contributed by atoms with E-state index in [1.54, 1.807) is 43.3 Å². The Balaban J connectivity index is 1.49. The highest BCUT2D eigenvalue weighted by atomic mass is 19.4. The lowest BCUT2D eigenvalue weighted by Crippen LogP contribution is -2.20. The Morgan fingerprint density at radius 3 is 2.37 bits per heavy atom. The highest BCUT2D eigenvalue weighted by molar-refractivity contribution is 5.84. The van der Waals surface area contributed by atoms with Crippen LogP contribution >= 0.6 is 0 Å². The first-order chi connectivity index (χ1) is 18.3. The van der Waals surface area contributed by atoms with Gasteiger partial charge >= 0.3 is 6.18 Å². The van der Waals surface area contributed by atoms with Gasteiger partial charge in [0.25, 0.3) is 5.56 Å². The molecule has 0 spiro atoms. The number of alkyl halides is 3. The second-order valence-electron chi connectivity index (χ2n) is 8.67. The standard InChI is InChI=1S/C28H19F3N4O3/c1-16-21(26-33-23-19(13-8-14-20(23)38-26)37-15-17-9-4-2-5-10-17)27(36)35-25(32-16)22(18-11-6-3-7-12-18)24(34-35)28(29,30)31/h2-14,32H,15H2,1H3. The van der Waals surface area contributed by atoms with E-state index in [2.05, 4.69) is 15.1 Å². The Morgan fingerprint density at radius 2 is 1.66 bits per heavy atom. The smallest absolute Gasteiger partial charge is 0.435 e. The summed E-state index contributed by atoms with van der Waals surface area (Å²) >= 11 is 0. The number of hydrogen-bond donors (Lipinski definition) is 1. The molecule has 0 aliphatic carbocycles.